The Labute approximate surface area is 196 Å². The molecule has 1 aliphatic rings. The highest BCUT2D eigenvalue weighted by Gasteiger charge is 2.27. The molecular weight excluding hydrogens is 412 g/mol. The number of para-hydroxylation sites is 1. The molecule has 0 radical (unpaired) electrons. The second kappa shape index (κ2) is 11.4. The van der Waals surface area contributed by atoms with Crippen molar-refractivity contribution in [1.29, 1.82) is 0 Å². The molecule has 0 bridgehead atoms. The van der Waals surface area contributed by atoms with Crippen LogP contribution in [0.1, 0.15) is 30.0 Å². The summed E-state index contributed by atoms with van der Waals surface area (Å²) < 4.78 is 5.82. The number of hydrogen-bond acceptors (Lipinski definition) is 6. The van der Waals surface area contributed by atoms with Gasteiger partial charge in [0.05, 0.1) is 6.61 Å². The fourth-order valence-electron chi connectivity index (χ4n) is 4.54. The summed E-state index contributed by atoms with van der Waals surface area (Å²) in [6.45, 7) is 9.44. The first kappa shape index (κ1) is 23.4. The van der Waals surface area contributed by atoms with Crippen molar-refractivity contribution in [3.63, 3.8) is 0 Å². The van der Waals surface area contributed by atoms with E-state index < -0.39 is 0 Å². The van der Waals surface area contributed by atoms with Crippen LogP contribution in [-0.2, 0) is 13.1 Å². The van der Waals surface area contributed by atoms with E-state index in [4.69, 9.17) is 4.74 Å². The van der Waals surface area contributed by atoms with Gasteiger partial charge in [-0.1, -0.05) is 42.5 Å². The zero-order chi connectivity index (χ0) is 23.0. The van der Waals surface area contributed by atoms with Crippen LogP contribution in [0, 0.1) is 6.92 Å². The van der Waals surface area contributed by atoms with Gasteiger partial charge in [-0.3, -0.25) is 9.80 Å². The maximum absolute atomic E-state index is 9.69. The number of ether oxygens (including phenoxy) is 1. The fourth-order valence-corrected chi connectivity index (χ4v) is 4.54. The average molecular weight is 447 g/mol. The molecule has 0 saturated carbocycles. The smallest absolute Gasteiger partial charge is 0.159 e. The number of aliphatic hydroxyl groups is 1. The molecule has 1 saturated heterocycles. The van der Waals surface area contributed by atoms with Crippen molar-refractivity contribution in [2.24, 2.45) is 0 Å². The molecule has 1 atom stereocenters. The van der Waals surface area contributed by atoms with Gasteiger partial charge in [-0.2, -0.15) is 0 Å². The Morgan fingerprint density at radius 1 is 1.00 bits per heavy atom. The van der Waals surface area contributed by atoms with Gasteiger partial charge in [-0.05, 0) is 31.9 Å². The van der Waals surface area contributed by atoms with Crippen LogP contribution in [0.3, 0.4) is 0 Å². The van der Waals surface area contributed by atoms with Gasteiger partial charge in [0.1, 0.15) is 5.75 Å². The third kappa shape index (κ3) is 5.96. The highest BCUT2D eigenvalue weighted by atomic mass is 16.5. The summed E-state index contributed by atoms with van der Waals surface area (Å²) in [7, 11) is 0. The van der Waals surface area contributed by atoms with E-state index in [2.05, 4.69) is 51.0 Å². The van der Waals surface area contributed by atoms with Crippen LogP contribution in [-0.4, -0.2) is 63.8 Å². The summed E-state index contributed by atoms with van der Waals surface area (Å²) in [5, 5.41) is 9.69. The minimum Gasteiger partial charge on any atom is -0.494 e. The predicted molar refractivity (Wildman–Crippen MR) is 131 cm³/mol. The maximum Gasteiger partial charge on any atom is 0.159 e. The maximum atomic E-state index is 9.69. The summed E-state index contributed by atoms with van der Waals surface area (Å²) in [4.78, 5) is 14.2. The van der Waals surface area contributed by atoms with E-state index in [1.807, 2.05) is 43.6 Å². The number of aromatic nitrogens is 2. The lowest BCUT2D eigenvalue weighted by atomic mass is 10.1. The van der Waals surface area contributed by atoms with E-state index >= 15 is 0 Å². The Bertz CT molecular complexity index is 1020. The molecule has 6 heteroatoms. The van der Waals surface area contributed by atoms with Crippen LogP contribution >= 0.6 is 0 Å². The van der Waals surface area contributed by atoms with Gasteiger partial charge in [0.15, 0.2) is 5.82 Å². The zero-order valence-electron chi connectivity index (χ0n) is 19.7. The summed E-state index contributed by atoms with van der Waals surface area (Å²) >= 11 is 0. The standard InChI is InChI=1S/C27H34N4O2/c1-3-33-26-11-7-5-9-23(26)19-31-14-13-30(20-24(31)12-15-32)18-22-16-28-27(29-17-22)25-10-6-4-8-21(25)2/h4-11,16-17,24,32H,3,12-15,18-20H2,1-2H3. The van der Waals surface area contributed by atoms with Gasteiger partial charge in [-0.15, -0.1) is 0 Å². The van der Waals surface area contributed by atoms with Gasteiger partial charge >= 0.3 is 0 Å². The van der Waals surface area contributed by atoms with E-state index in [1.165, 1.54) is 11.1 Å². The number of benzene rings is 2. The number of rotatable bonds is 9. The van der Waals surface area contributed by atoms with Crippen LogP contribution in [0.4, 0.5) is 0 Å². The van der Waals surface area contributed by atoms with E-state index in [9.17, 15) is 5.11 Å². The van der Waals surface area contributed by atoms with Gasteiger partial charge < -0.3 is 9.84 Å². The van der Waals surface area contributed by atoms with Gasteiger partial charge in [0, 0.05) is 74.5 Å². The van der Waals surface area contributed by atoms with Crippen molar-refractivity contribution in [3.8, 4) is 17.1 Å². The fraction of sp³-hybridized carbons (Fsp3) is 0.407. The molecule has 1 aliphatic heterocycles. The second-order valence-corrected chi connectivity index (χ2v) is 8.64. The Morgan fingerprint density at radius 3 is 2.52 bits per heavy atom. The first-order valence-corrected chi connectivity index (χ1v) is 11.8. The number of aryl methyl sites for hydroxylation is 1. The highest BCUT2D eigenvalue weighted by molar-refractivity contribution is 5.59. The van der Waals surface area contributed by atoms with Gasteiger partial charge in [0.25, 0.3) is 0 Å². The molecule has 6 nitrogen and oxygen atoms in total. The van der Waals surface area contributed by atoms with Crippen LogP contribution in [0.25, 0.3) is 11.4 Å². The molecule has 3 aromatic rings. The SMILES string of the molecule is CCOc1ccccc1CN1CCN(Cc2cnc(-c3ccccc3C)nc2)CC1CCO. The minimum absolute atomic E-state index is 0.191. The molecular formula is C27H34N4O2. The molecule has 1 aromatic heterocycles. The summed E-state index contributed by atoms with van der Waals surface area (Å²) in [5.41, 5.74) is 4.58. The molecule has 0 aliphatic carbocycles. The Kier molecular flexibility index (Phi) is 8.05. The average Bonchev–Trinajstić information content (AvgIpc) is 2.83. The third-order valence-electron chi connectivity index (χ3n) is 6.29. The van der Waals surface area contributed by atoms with Crippen molar-refractivity contribution in [1.82, 2.24) is 19.8 Å². The molecule has 1 N–H and O–H groups in total. The summed E-state index contributed by atoms with van der Waals surface area (Å²) in [5.74, 6) is 1.73. The van der Waals surface area contributed by atoms with Crippen molar-refractivity contribution in [2.45, 2.75) is 39.4 Å². The number of piperazine rings is 1. The summed E-state index contributed by atoms with van der Waals surface area (Å²) in [6.07, 6.45) is 4.65. The molecule has 0 spiro atoms. The largest absolute Gasteiger partial charge is 0.494 e. The lowest BCUT2D eigenvalue weighted by molar-refractivity contribution is 0.0493. The second-order valence-electron chi connectivity index (χ2n) is 8.64. The minimum atomic E-state index is 0.191. The van der Waals surface area contributed by atoms with Crippen molar-refractivity contribution >= 4 is 0 Å². The van der Waals surface area contributed by atoms with Crippen LogP contribution in [0.2, 0.25) is 0 Å². The predicted octanol–water partition coefficient (Wildman–Crippen LogP) is 3.92. The monoisotopic (exact) mass is 446 g/mol. The number of nitrogens with zero attached hydrogens (tertiary/aromatic N) is 4. The molecule has 1 fully saturated rings. The van der Waals surface area contributed by atoms with E-state index in [0.717, 1.165) is 61.8 Å². The molecule has 174 valence electrons. The first-order valence-electron chi connectivity index (χ1n) is 11.8. The lowest BCUT2D eigenvalue weighted by Gasteiger charge is -2.41. The van der Waals surface area contributed by atoms with Crippen LogP contribution in [0.5, 0.6) is 5.75 Å². The van der Waals surface area contributed by atoms with E-state index in [1.54, 1.807) is 0 Å². The van der Waals surface area contributed by atoms with Crippen molar-refractivity contribution < 1.29 is 9.84 Å². The van der Waals surface area contributed by atoms with Crippen molar-refractivity contribution in [3.05, 3.63) is 77.6 Å². The summed E-state index contributed by atoms with van der Waals surface area (Å²) in [6, 6.07) is 16.8. The normalized spacial score (nSPS) is 17.2. The molecule has 2 heterocycles. The molecule has 4 rings (SSSR count). The van der Waals surface area contributed by atoms with Crippen molar-refractivity contribution in [2.75, 3.05) is 32.8 Å². The number of aliphatic hydroxyl groups excluding tert-OH is 1. The lowest BCUT2D eigenvalue weighted by Crippen LogP contribution is -2.52. The molecule has 33 heavy (non-hydrogen) atoms. The van der Waals surface area contributed by atoms with Gasteiger partial charge in [0.2, 0.25) is 0 Å². The Balaban J connectivity index is 1.40. The Hall–Kier alpha value is -2.80. The first-order chi connectivity index (χ1) is 16.2. The third-order valence-corrected chi connectivity index (χ3v) is 6.29. The van der Waals surface area contributed by atoms with Crippen LogP contribution < -0.4 is 4.74 Å². The highest BCUT2D eigenvalue weighted by Crippen LogP contribution is 2.24. The topological polar surface area (TPSA) is 61.7 Å². The van der Waals surface area contributed by atoms with E-state index in [-0.39, 0.29) is 6.61 Å². The Morgan fingerprint density at radius 2 is 1.76 bits per heavy atom. The molecule has 1 unspecified atom stereocenters. The van der Waals surface area contributed by atoms with E-state index in [0.29, 0.717) is 12.6 Å². The zero-order valence-corrected chi connectivity index (χ0v) is 19.7. The number of hydrogen-bond donors (Lipinski definition) is 1. The molecule has 0 amide bonds. The molecule has 2 aromatic carbocycles. The quantitative estimate of drug-likeness (QED) is 0.538. The van der Waals surface area contributed by atoms with Gasteiger partial charge in [-0.25, -0.2) is 9.97 Å². The van der Waals surface area contributed by atoms with Crippen LogP contribution in [0.15, 0.2) is 60.9 Å².